The number of halogens is 1. The molecule has 1 aliphatic heterocycles. The number of thiophene rings is 1. The first-order chi connectivity index (χ1) is 10.7. The Bertz CT molecular complexity index is 648. The van der Waals surface area contributed by atoms with E-state index in [2.05, 4.69) is 33.0 Å². The number of hydrogen-bond acceptors (Lipinski definition) is 4. The van der Waals surface area contributed by atoms with Crippen molar-refractivity contribution < 1.29 is 9.53 Å². The smallest absolute Gasteiger partial charge is 0.264 e. The molecule has 1 amide bonds. The molecule has 1 aromatic carbocycles. The van der Waals surface area contributed by atoms with Crippen molar-refractivity contribution in [2.45, 2.75) is 0 Å². The molecule has 6 heteroatoms. The zero-order valence-corrected chi connectivity index (χ0v) is 14.7. The van der Waals surface area contributed by atoms with Gasteiger partial charge in [0.05, 0.1) is 12.0 Å². The molecule has 0 saturated carbocycles. The van der Waals surface area contributed by atoms with Gasteiger partial charge in [-0.25, -0.2) is 0 Å². The zero-order chi connectivity index (χ0) is 15.5. The lowest BCUT2D eigenvalue weighted by molar-refractivity contribution is 0.0751. The third kappa shape index (κ3) is 3.28. The molecular weight excluding hydrogens is 364 g/mol. The molecule has 1 saturated heterocycles. The Morgan fingerprint density at radius 2 is 1.86 bits per heavy atom. The lowest BCUT2D eigenvalue weighted by atomic mass is 10.2. The molecule has 0 unspecified atom stereocenters. The van der Waals surface area contributed by atoms with Crippen LogP contribution in [0.3, 0.4) is 0 Å². The van der Waals surface area contributed by atoms with Gasteiger partial charge in [0.15, 0.2) is 0 Å². The van der Waals surface area contributed by atoms with Crippen molar-refractivity contribution in [1.29, 1.82) is 0 Å². The molecule has 1 aromatic heterocycles. The highest BCUT2D eigenvalue weighted by molar-refractivity contribution is 9.10. The topological polar surface area (TPSA) is 32.8 Å². The molecule has 2 aromatic rings. The Kier molecular flexibility index (Phi) is 4.69. The highest BCUT2D eigenvalue weighted by atomic mass is 79.9. The fourth-order valence-corrected chi connectivity index (χ4v) is 3.94. The van der Waals surface area contributed by atoms with Crippen molar-refractivity contribution in [2.24, 2.45) is 0 Å². The molecule has 3 rings (SSSR count). The summed E-state index contributed by atoms with van der Waals surface area (Å²) in [4.78, 5) is 17.4. The number of hydrogen-bond donors (Lipinski definition) is 0. The average molecular weight is 381 g/mol. The van der Waals surface area contributed by atoms with Crippen LogP contribution in [0.15, 0.2) is 40.2 Å². The van der Waals surface area contributed by atoms with E-state index in [0.29, 0.717) is 0 Å². The van der Waals surface area contributed by atoms with Gasteiger partial charge in [0.25, 0.3) is 5.91 Å². The van der Waals surface area contributed by atoms with E-state index in [-0.39, 0.29) is 5.91 Å². The molecule has 0 aliphatic carbocycles. The third-order valence-corrected chi connectivity index (χ3v) is 5.46. The second-order valence-electron chi connectivity index (χ2n) is 5.11. The SMILES string of the molecule is COc1ccc(N2CCN(C(=O)c3cc(Br)cs3)CC2)cc1. The molecule has 22 heavy (non-hydrogen) atoms. The van der Waals surface area contributed by atoms with E-state index in [9.17, 15) is 4.79 Å². The molecule has 0 radical (unpaired) electrons. The molecule has 0 bridgehead atoms. The maximum atomic E-state index is 12.4. The van der Waals surface area contributed by atoms with Crippen molar-refractivity contribution in [2.75, 3.05) is 38.2 Å². The van der Waals surface area contributed by atoms with Gasteiger partial charge in [-0.2, -0.15) is 0 Å². The van der Waals surface area contributed by atoms with Gasteiger partial charge in [-0.1, -0.05) is 0 Å². The van der Waals surface area contributed by atoms with Crippen molar-refractivity contribution in [3.63, 3.8) is 0 Å². The van der Waals surface area contributed by atoms with Crippen molar-refractivity contribution in [3.8, 4) is 5.75 Å². The molecular formula is C16H17BrN2O2S. The number of piperazine rings is 1. The first-order valence-corrected chi connectivity index (χ1v) is 8.77. The minimum atomic E-state index is 0.130. The van der Waals surface area contributed by atoms with E-state index in [4.69, 9.17) is 4.74 Å². The quantitative estimate of drug-likeness (QED) is 0.816. The van der Waals surface area contributed by atoms with Crippen LogP contribution in [0, 0.1) is 0 Å². The normalized spacial score (nSPS) is 15.0. The Morgan fingerprint density at radius 1 is 1.18 bits per heavy atom. The Balaban J connectivity index is 1.61. The molecule has 116 valence electrons. The summed E-state index contributed by atoms with van der Waals surface area (Å²) in [7, 11) is 1.67. The number of anilines is 1. The van der Waals surface area contributed by atoms with E-state index in [0.717, 1.165) is 41.3 Å². The van der Waals surface area contributed by atoms with Crippen molar-refractivity contribution in [3.05, 3.63) is 45.1 Å². The summed E-state index contributed by atoms with van der Waals surface area (Å²) < 4.78 is 6.15. The third-order valence-electron chi connectivity index (χ3n) is 3.78. The van der Waals surface area contributed by atoms with E-state index in [1.807, 2.05) is 28.5 Å². The lowest BCUT2D eigenvalue weighted by Crippen LogP contribution is -2.48. The lowest BCUT2D eigenvalue weighted by Gasteiger charge is -2.36. The van der Waals surface area contributed by atoms with Crippen LogP contribution in [-0.4, -0.2) is 44.1 Å². The number of carbonyl (C=O) groups excluding carboxylic acids is 1. The summed E-state index contributed by atoms with van der Waals surface area (Å²) in [5.41, 5.74) is 1.17. The van der Waals surface area contributed by atoms with E-state index >= 15 is 0 Å². The first kappa shape index (κ1) is 15.4. The number of rotatable bonds is 3. The largest absolute Gasteiger partial charge is 0.497 e. The van der Waals surface area contributed by atoms with E-state index < -0.39 is 0 Å². The number of nitrogens with zero attached hydrogens (tertiary/aromatic N) is 2. The summed E-state index contributed by atoms with van der Waals surface area (Å²) in [6, 6.07) is 9.95. The summed E-state index contributed by atoms with van der Waals surface area (Å²) >= 11 is 4.88. The number of carbonyl (C=O) groups is 1. The molecule has 1 fully saturated rings. The summed E-state index contributed by atoms with van der Waals surface area (Å²) in [6.45, 7) is 3.20. The summed E-state index contributed by atoms with van der Waals surface area (Å²) in [6.07, 6.45) is 0. The van der Waals surface area contributed by atoms with Gasteiger partial charge >= 0.3 is 0 Å². The Labute approximate surface area is 142 Å². The van der Waals surface area contributed by atoms with Crippen LogP contribution in [0.2, 0.25) is 0 Å². The number of ether oxygens (including phenoxy) is 1. The maximum Gasteiger partial charge on any atom is 0.264 e. The van der Waals surface area contributed by atoms with Crippen LogP contribution in [0.5, 0.6) is 5.75 Å². The van der Waals surface area contributed by atoms with Gasteiger partial charge in [0.1, 0.15) is 5.75 Å². The van der Waals surface area contributed by atoms with Crippen LogP contribution in [0.4, 0.5) is 5.69 Å². The monoisotopic (exact) mass is 380 g/mol. The minimum absolute atomic E-state index is 0.130. The molecule has 0 N–H and O–H groups in total. The second-order valence-corrected chi connectivity index (χ2v) is 6.93. The van der Waals surface area contributed by atoms with Gasteiger partial charge < -0.3 is 14.5 Å². The predicted octanol–water partition coefficient (Wildman–Crippen LogP) is 3.48. The van der Waals surface area contributed by atoms with Gasteiger partial charge in [-0.05, 0) is 46.3 Å². The van der Waals surface area contributed by atoms with Gasteiger partial charge in [0.2, 0.25) is 0 Å². The van der Waals surface area contributed by atoms with Crippen LogP contribution in [0.25, 0.3) is 0 Å². The molecule has 1 aliphatic rings. The molecule has 2 heterocycles. The highest BCUT2D eigenvalue weighted by Crippen LogP contribution is 2.23. The van der Waals surface area contributed by atoms with Crippen molar-refractivity contribution >= 4 is 38.9 Å². The Hall–Kier alpha value is -1.53. The van der Waals surface area contributed by atoms with Gasteiger partial charge in [0, 0.05) is 41.7 Å². The highest BCUT2D eigenvalue weighted by Gasteiger charge is 2.23. The first-order valence-electron chi connectivity index (χ1n) is 7.09. The van der Waals surface area contributed by atoms with Gasteiger partial charge in [-0.3, -0.25) is 4.79 Å². The number of amides is 1. The summed E-state index contributed by atoms with van der Waals surface area (Å²) in [5, 5.41) is 1.95. The van der Waals surface area contributed by atoms with Crippen LogP contribution in [0.1, 0.15) is 9.67 Å². The predicted molar refractivity (Wildman–Crippen MR) is 93.1 cm³/mol. The standard InChI is InChI=1S/C16H17BrN2O2S/c1-21-14-4-2-13(3-5-14)18-6-8-19(9-7-18)16(20)15-10-12(17)11-22-15/h2-5,10-11H,6-9H2,1H3. The molecule has 4 nitrogen and oxygen atoms in total. The van der Waals surface area contributed by atoms with Crippen LogP contribution in [-0.2, 0) is 0 Å². The number of methoxy groups -OCH3 is 1. The summed E-state index contributed by atoms with van der Waals surface area (Å²) in [5.74, 6) is 0.992. The minimum Gasteiger partial charge on any atom is -0.497 e. The van der Waals surface area contributed by atoms with E-state index in [1.165, 1.54) is 17.0 Å². The van der Waals surface area contributed by atoms with Crippen molar-refractivity contribution in [1.82, 2.24) is 4.90 Å². The Morgan fingerprint density at radius 3 is 2.41 bits per heavy atom. The maximum absolute atomic E-state index is 12.4. The van der Waals surface area contributed by atoms with Gasteiger partial charge in [-0.15, -0.1) is 11.3 Å². The molecule has 0 atom stereocenters. The van der Waals surface area contributed by atoms with E-state index in [1.54, 1.807) is 7.11 Å². The second kappa shape index (κ2) is 6.71. The average Bonchev–Trinajstić information content (AvgIpc) is 3.01. The number of benzene rings is 1. The fourth-order valence-electron chi connectivity index (χ4n) is 2.54. The zero-order valence-electron chi connectivity index (χ0n) is 12.3. The van der Waals surface area contributed by atoms with Crippen LogP contribution < -0.4 is 9.64 Å². The van der Waals surface area contributed by atoms with Crippen LogP contribution >= 0.6 is 27.3 Å². The fraction of sp³-hybridized carbons (Fsp3) is 0.312. The molecule has 0 spiro atoms.